The lowest BCUT2D eigenvalue weighted by molar-refractivity contribution is 0.0529. The maximum absolute atomic E-state index is 11.6. The van der Waals surface area contributed by atoms with Crippen LogP contribution in [0.5, 0.6) is 5.75 Å². The second kappa shape index (κ2) is 4.01. The van der Waals surface area contributed by atoms with Gasteiger partial charge in [-0.1, -0.05) is 13.8 Å². The molecule has 98 valence electrons. The van der Waals surface area contributed by atoms with Crippen molar-refractivity contribution in [2.75, 3.05) is 7.11 Å². The van der Waals surface area contributed by atoms with Gasteiger partial charge in [-0.05, 0) is 43.9 Å². The third-order valence-electron chi connectivity index (χ3n) is 3.38. The summed E-state index contributed by atoms with van der Waals surface area (Å²) in [5.74, 6) is 0.558. The second-order valence-corrected chi connectivity index (χ2v) is 6.12. The van der Waals surface area contributed by atoms with E-state index in [2.05, 4.69) is 27.7 Å². The van der Waals surface area contributed by atoms with Crippen LogP contribution in [0.3, 0.4) is 0 Å². The zero-order valence-corrected chi connectivity index (χ0v) is 11.7. The number of esters is 1. The van der Waals surface area contributed by atoms with Crippen molar-refractivity contribution in [3.8, 4) is 5.75 Å². The molecule has 0 N–H and O–H groups in total. The Bertz CT molecular complexity index is 487. The van der Waals surface area contributed by atoms with Crippen molar-refractivity contribution in [3.63, 3.8) is 0 Å². The highest BCUT2D eigenvalue weighted by Gasteiger charge is 2.39. The van der Waals surface area contributed by atoms with Crippen LogP contribution in [-0.2, 0) is 10.2 Å². The zero-order valence-electron chi connectivity index (χ0n) is 11.7. The van der Waals surface area contributed by atoms with Gasteiger partial charge >= 0.3 is 5.97 Å². The molecule has 0 saturated carbocycles. The highest BCUT2D eigenvalue weighted by molar-refractivity contribution is 5.89. The maximum Gasteiger partial charge on any atom is 0.337 e. The number of hydrogen-bond donors (Lipinski definition) is 0. The van der Waals surface area contributed by atoms with Gasteiger partial charge in [0.15, 0.2) is 0 Å². The molecule has 1 aromatic carbocycles. The summed E-state index contributed by atoms with van der Waals surface area (Å²) in [5, 5.41) is 0. The lowest BCUT2D eigenvalue weighted by atomic mass is 9.73. The summed E-state index contributed by atoms with van der Waals surface area (Å²) in [5.41, 5.74) is 1.46. The van der Waals surface area contributed by atoms with Crippen molar-refractivity contribution in [2.24, 2.45) is 0 Å². The molecule has 0 fully saturated rings. The van der Waals surface area contributed by atoms with E-state index in [0.717, 1.165) is 17.7 Å². The molecule has 0 atom stereocenters. The summed E-state index contributed by atoms with van der Waals surface area (Å²) in [6.45, 7) is 8.53. The lowest BCUT2D eigenvalue weighted by Crippen LogP contribution is -2.41. The number of hydrogen-bond acceptors (Lipinski definition) is 3. The Balaban J connectivity index is 2.50. The summed E-state index contributed by atoms with van der Waals surface area (Å²) in [6, 6.07) is 5.50. The number of fused-ring (bicyclic) bond motifs is 1. The molecule has 3 nitrogen and oxygen atoms in total. The number of benzene rings is 1. The van der Waals surface area contributed by atoms with Crippen molar-refractivity contribution in [1.82, 2.24) is 0 Å². The number of rotatable bonds is 1. The standard InChI is InChI=1S/C15H20O3/c1-14(2)9-15(3,4)18-12-7-6-10(8-11(12)14)13(16)17-5/h6-8H,9H2,1-5H3. The van der Waals surface area contributed by atoms with Crippen LogP contribution < -0.4 is 4.74 Å². The van der Waals surface area contributed by atoms with Gasteiger partial charge in [0.25, 0.3) is 0 Å². The van der Waals surface area contributed by atoms with Gasteiger partial charge in [0, 0.05) is 5.56 Å². The first-order valence-electron chi connectivity index (χ1n) is 6.17. The van der Waals surface area contributed by atoms with Crippen LogP contribution in [0.1, 0.15) is 50.0 Å². The van der Waals surface area contributed by atoms with E-state index < -0.39 is 0 Å². The largest absolute Gasteiger partial charge is 0.488 e. The molecule has 0 amide bonds. The molecule has 0 aliphatic carbocycles. The first kappa shape index (κ1) is 12.9. The van der Waals surface area contributed by atoms with Gasteiger partial charge in [-0.15, -0.1) is 0 Å². The van der Waals surface area contributed by atoms with Gasteiger partial charge in [-0.25, -0.2) is 4.79 Å². The van der Waals surface area contributed by atoms with Crippen LogP contribution in [0.2, 0.25) is 0 Å². The van der Waals surface area contributed by atoms with Gasteiger partial charge in [0.2, 0.25) is 0 Å². The fraction of sp³-hybridized carbons (Fsp3) is 0.533. The maximum atomic E-state index is 11.6. The van der Waals surface area contributed by atoms with E-state index in [9.17, 15) is 4.79 Å². The molecule has 1 aliphatic rings. The van der Waals surface area contributed by atoms with Crippen LogP contribution in [0.15, 0.2) is 18.2 Å². The van der Waals surface area contributed by atoms with Crippen molar-refractivity contribution in [1.29, 1.82) is 0 Å². The van der Waals surface area contributed by atoms with E-state index in [1.54, 1.807) is 6.07 Å². The summed E-state index contributed by atoms with van der Waals surface area (Å²) in [6.07, 6.45) is 0.914. The molecule has 0 unspecified atom stereocenters. The Kier molecular flexibility index (Phi) is 2.88. The Morgan fingerprint density at radius 3 is 2.56 bits per heavy atom. The highest BCUT2D eigenvalue weighted by Crippen LogP contribution is 2.44. The molecule has 18 heavy (non-hydrogen) atoms. The molecular formula is C15H20O3. The van der Waals surface area contributed by atoms with Crippen LogP contribution in [0.25, 0.3) is 0 Å². The minimum absolute atomic E-state index is 0.0128. The molecule has 3 heteroatoms. The SMILES string of the molecule is COC(=O)c1ccc2c(c1)C(C)(C)CC(C)(C)O2. The van der Waals surface area contributed by atoms with Gasteiger partial charge in [-0.2, -0.15) is 0 Å². The van der Waals surface area contributed by atoms with Gasteiger partial charge < -0.3 is 9.47 Å². The van der Waals surface area contributed by atoms with Gasteiger partial charge in [0.1, 0.15) is 11.4 Å². The topological polar surface area (TPSA) is 35.5 Å². The monoisotopic (exact) mass is 248 g/mol. The average molecular weight is 248 g/mol. The summed E-state index contributed by atoms with van der Waals surface area (Å²) < 4.78 is 10.7. The fourth-order valence-corrected chi connectivity index (χ4v) is 2.89. The smallest absolute Gasteiger partial charge is 0.337 e. The third-order valence-corrected chi connectivity index (χ3v) is 3.38. The molecule has 0 aromatic heterocycles. The molecule has 2 rings (SSSR count). The molecule has 1 heterocycles. The highest BCUT2D eigenvalue weighted by atomic mass is 16.5. The van der Waals surface area contributed by atoms with E-state index in [1.165, 1.54) is 7.11 Å². The quantitative estimate of drug-likeness (QED) is 0.715. The van der Waals surface area contributed by atoms with Crippen LogP contribution in [0.4, 0.5) is 0 Å². The third kappa shape index (κ3) is 2.22. The van der Waals surface area contributed by atoms with Crippen LogP contribution >= 0.6 is 0 Å². The summed E-state index contributed by atoms with van der Waals surface area (Å²) in [7, 11) is 1.40. The number of carbonyl (C=O) groups excluding carboxylic acids is 1. The average Bonchev–Trinajstić information content (AvgIpc) is 2.25. The van der Waals surface area contributed by atoms with Crippen molar-refractivity contribution in [3.05, 3.63) is 29.3 Å². The predicted molar refractivity (Wildman–Crippen MR) is 70.1 cm³/mol. The van der Waals surface area contributed by atoms with Gasteiger partial charge in [0.05, 0.1) is 12.7 Å². The molecule has 0 saturated heterocycles. The van der Waals surface area contributed by atoms with Crippen molar-refractivity contribution in [2.45, 2.75) is 45.1 Å². The van der Waals surface area contributed by atoms with Gasteiger partial charge in [-0.3, -0.25) is 0 Å². The molecule has 1 aromatic rings. The molecule has 1 aliphatic heterocycles. The van der Waals surface area contributed by atoms with E-state index in [0.29, 0.717) is 5.56 Å². The minimum Gasteiger partial charge on any atom is -0.488 e. The van der Waals surface area contributed by atoms with Crippen molar-refractivity contribution >= 4 is 5.97 Å². The Morgan fingerprint density at radius 2 is 1.94 bits per heavy atom. The van der Waals surface area contributed by atoms with E-state index in [1.807, 2.05) is 12.1 Å². The van der Waals surface area contributed by atoms with Crippen molar-refractivity contribution < 1.29 is 14.3 Å². The zero-order chi connectivity index (χ0) is 13.6. The Labute approximate surface area is 108 Å². The molecule has 0 bridgehead atoms. The van der Waals surface area contributed by atoms with Crippen LogP contribution in [0, 0.1) is 0 Å². The minimum atomic E-state index is -0.307. The number of methoxy groups -OCH3 is 1. The molecule has 0 spiro atoms. The predicted octanol–water partition coefficient (Wildman–Crippen LogP) is 3.31. The summed E-state index contributed by atoms with van der Waals surface area (Å²) in [4.78, 5) is 11.6. The number of ether oxygens (including phenoxy) is 2. The molecular weight excluding hydrogens is 228 g/mol. The Morgan fingerprint density at radius 1 is 1.28 bits per heavy atom. The number of carbonyl (C=O) groups is 1. The summed E-state index contributed by atoms with van der Waals surface area (Å²) >= 11 is 0. The second-order valence-electron chi connectivity index (χ2n) is 6.12. The van der Waals surface area contributed by atoms with E-state index in [-0.39, 0.29) is 17.0 Å². The first-order valence-corrected chi connectivity index (χ1v) is 6.17. The normalized spacial score (nSPS) is 19.6. The van der Waals surface area contributed by atoms with E-state index >= 15 is 0 Å². The fourth-order valence-electron chi connectivity index (χ4n) is 2.89. The van der Waals surface area contributed by atoms with Crippen LogP contribution in [-0.4, -0.2) is 18.7 Å². The molecule has 0 radical (unpaired) electrons. The lowest BCUT2D eigenvalue weighted by Gasteiger charge is -2.42. The first-order chi connectivity index (χ1) is 8.25. The Hall–Kier alpha value is -1.51. The van der Waals surface area contributed by atoms with E-state index in [4.69, 9.17) is 9.47 Å².